The zero-order valence-electron chi connectivity index (χ0n) is 13.2. The molecular weight excluding hydrogens is 290 g/mol. The van der Waals surface area contributed by atoms with Gasteiger partial charge in [-0.1, -0.05) is 23.4 Å². The summed E-state index contributed by atoms with van der Waals surface area (Å²) in [6.45, 7) is 3.95. The first kappa shape index (κ1) is 14.5. The van der Waals surface area contributed by atoms with E-state index in [1.54, 1.807) is 6.92 Å². The minimum absolute atomic E-state index is 0.0248. The molecule has 0 radical (unpaired) electrons. The molecule has 2 unspecified atom stereocenters. The third-order valence-electron chi connectivity index (χ3n) is 4.69. The van der Waals surface area contributed by atoms with Gasteiger partial charge >= 0.3 is 0 Å². The van der Waals surface area contributed by atoms with Gasteiger partial charge in [0.05, 0.1) is 6.10 Å². The van der Waals surface area contributed by atoms with Crippen molar-refractivity contribution in [3.8, 4) is 0 Å². The number of fused-ring (bicyclic) bond motifs is 1. The number of nitrogens with one attached hydrogen (secondary N) is 1. The number of allylic oxidation sites excluding steroid dienone is 2. The number of hydrogen-bond donors (Lipinski definition) is 2. The first-order valence-electron chi connectivity index (χ1n) is 8.18. The zero-order chi connectivity index (χ0) is 15.8. The molecule has 0 amide bonds. The maximum absolute atomic E-state index is 9.82. The van der Waals surface area contributed by atoms with E-state index in [2.05, 4.69) is 33.8 Å². The Morgan fingerprint density at radius 2 is 2.13 bits per heavy atom. The second kappa shape index (κ2) is 5.83. The van der Waals surface area contributed by atoms with Gasteiger partial charge < -0.3 is 10.0 Å². The number of rotatable bonds is 3. The summed E-state index contributed by atoms with van der Waals surface area (Å²) in [5.74, 6) is 0. The van der Waals surface area contributed by atoms with Gasteiger partial charge in [0.1, 0.15) is 11.8 Å². The van der Waals surface area contributed by atoms with Gasteiger partial charge in [-0.05, 0) is 54.7 Å². The molecule has 0 aromatic heterocycles. The van der Waals surface area contributed by atoms with Gasteiger partial charge in [0.2, 0.25) is 0 Å². The van der Waals surface area contributed by atoms with Crippen molar-refractivity contribution in [3.05, 3.63) is 53.2 Å². The summed E-state index contributed by atoms with van der Waals surface area (Å²) in [6.07, 6.45) is 6.27. The Bertz CT molecular complexity index is 700. The quantitative estimate of drug-likeness (QED) is 0.900. The number of nitrogens with zero attached hydrogens (tertiary/aromatic N) is 2. The highest BCUT2D eigenvalue weighted by atomic mass is 16.8. The van der Waals surface area contributed by atoms with Crippen molar-refractivity contribution in [2.45, 2.75) is 31.9 Å². The van der Waals surface area contributed by atoms with Gasteiger partial charge in [-0.3, -0.25) is 4.94 Å². The smallest absolute Gasteiger partial charge is 0.130 e. The molecule has 2 N–H and O–H groups in total. The van der Waals surface area contributed by atoms with Crippen molar-refractivity contribution >= 4 is 11.3 Å². The number of aliphatic hydroxyl groups excluding tert-OH is 1. The number of likely N-dealkylation sites (tertiary alicyclic amines) is 1. The van der Waals surface area contributed by atoms with Crippen molar-refractivity contribution < 1.29 is 10.0 Å². The highest BCUT2D eigenvalue weighted by Gasteiger charge is 2.33. The molecule has 4 rings (SSSR count). The van der Waals surface area contributed by atoms with Gasteiger partial charge in [-0.25, -0.2) is 0 Å². The van der Waals surface area contributed by atoms with E-state index in [9.17, 15) is 5.11 Å². The van der Waals surface area contributed by atoms with E-state index < -0.39 is 6.10 Å². The SMILES string of the molecule is CC(O)c1cccc(C2=CC3=NONC3C(N3CCCC3)=C2)c1. The Kier molecular flexibility index (Phi) is 3.67. The van der Waals surface area contributed by atoms with Crippen LogP contribution in [0.15, 0.2) is 47.3 Å². The first-order chi connectivity index (χ1) is 11.2. The predicted octanol–water partition coefficient (Wildman–Crippen LogP) is 2.38. The fourth-order valence-corrected chi connectivity index (χ4v) is 3.40. The van der Waals surface area contributed by atoms with Crippen molar-refractivity contribution in [2.24, 2.45) is 5.16 Å². The predicted molar refractivity (Wildman–Crippen MR) is 89.4 cm³/mol. The maximum atomic E-state index is 9.82. The molecule has 0 bridgehead atoms. The summed E-state index contributed by atoms with van der Waals surface area (Å²) in [5, 5.41) is 13.9. The molecule has 0 saturated carbocycles. The van der Waals surface area contributed by atoms with Gasteiger partial charge in [0.25, 0.3) is 0 Å². The number of hydroxylamine groups is 1. The fraction of sp³-hybridized carbons (Fsp3) is 0.389. The van der Waals surface area contributed by atoms with E-state index in [4.69, 9.17) is 4.94 Å². The molecule has 2 aliphatic heterocycles. The monoisotopic (exact) mass is 311 g/mol. The fourth-order valence-electron chi connectivity index (χ4n) is 3.40. The molecule has 3 aliphatic rings. The number of benzene rings is 1. The Hall–Kier alpha value is -2.11. The van der Waals surface area contributed by atoms with Crippen LogP contribution in [0.5, 0.6) is 0 Å². The molecular formula is C18H21N3O2. The lowest BCUT2D eigenvalue weighted by atomic mass is 9.92. The highest BCUT2D eigenvalue weighted by Crippen LogP contribution is 2.31. The van der Waals surface area contributed by atoms with Gasteiger partial charge in [0.15, 0.2) is 0 Å². The normalized spacial score (nSPS) is 24.5. The van der Waals surface area contributed by atoms with Gasteiger partial charge in [-0.2, -0.15) is 0 Å². The van der Waals surface area contributed by atoms with E-state index >= 15 is 0 Å². The minimum Gasteiger partial charge on any atom is -0.389 e. The van der Waals surface area contributed by atoms with Crippen LogP contribution in [0.1, 0.15) is 37.0 Å². The van der Waals surface area contributed by atoms with Crippen LogP contribution >= 0.6 is 0 Å². The van der Waals surface area contributed by atoms with Crippen molar-refractivity contribution in [1.29, 1.82) is 0 Å². The average Bonchev–Trinajstić information content (AvgIpc) is 3.25. The van der Waals surface area contributed by atoms with Crippen LogP contribution in [0.2, 0.25) is 0 Å². The first-order valence-corrected chi connectivity index (χ1v) is 8.18. The summed E-state index contributed by atoms with van der Waals surface area (Å²) in [7, 11) is 0. The van der Waals surface area contributed by atoms with E-state index in [0.29, 0.717) is 0 Å². The standard InChI is InChI=1S/C18H21N3O2/c1-12(22)13-5-4-6-14(9-13)15-10-16-18(20-23-19-16)17(11-15)21-7-2-3-8-21/h4-6,9-12,18,20,22H,2-3,7-8H2,1H3. The third kappa shape index (κ3) is 2.66. The molecule has 5 heteroatoms. The Morgan fingerprint density at radius 1 is 1.30 bits per heavy atom. The molecule has 0 spiro atoms. The topological polar surface area (TPSA) is 57.1 Å². The molecule has 120 valence electrons. The van der Waals surface area contributed by atoms with Crippen LogP contribution in [0.3, 0.4) is 0 Å². The molecule has 2 atom stereocenters. The molecule has 1 aromatic carbocycles. The second-order valence-corrected chi connectivity index (χ2v) is 6.32. The van der Waals surface area contributed by atoms with Crippen molar-refractivity contribution in [3.63, 3.8) is 0 Å². The summed E-state index contributed by atoms with van der Waals surface area (Å²) in [4.78, 5) is 7.52. The molecule has 1 saturated heterocycles. The Balaban J connectivity index is 1.73. The summed E-state index contributed by atoms with van der Waals surface area (Å²) >= 11 is 0. The van der Waals surface area contributed by atoms with Gasteiger partial charge in [0, 0.05) is 18.8 Å². The summed E-state index contributed by atoms with van der Waals surface area (Å²) in [6, 6.07) is 8.07. The molecule has 2 heterocycles. The molecule has 1 aromatic rings. The van der Waals surface area contributed by atoms with Crippen LogP contribution in [0.25, 0.3) is 5.57 Å². The Labute approximate surface area is 135 Å². The van der Waals surface area contributed by atoms with Crippen molar-refractivity contribution in [1.82, 2.24) is 10.4 Å². The lowest BCUT2D eigenvalue weighted by Crippen LogP contribution is -2.40. The van der Waals surface area contributed by atoms with E-state index in [-0.39, 0.29) is 6.04 Å². The lowest BCUT2D eigenvalue weighted by molar-refractivity contribution is 0.0614. The van der Waals surface area contributed by atoms with E-state index in [1.165, 1.54) is 18.5 Å². The van der Waals surface area contributed by atoms with Crippen LogP contribution in [-0.4, -0.2) is 34.8 Å². The third-order valence-corrected chi connectivity index (χ3v) is 4.69. The van der Waals surface area contributed by atoms with Crippen LogP contribution in [-0.2, 0) is 4.94 Å². The number of hydrogen-bond acceptors (Lipinski definition) is 5. The molecule has 5 nitrogen and oxygen atoms in total. The van der Waals surface area contributed by atoms with Crippen LogP contribution < -0.4 is 5.48 Å². The summed E-state index contributed by atoms with van der Waals surface area (Å²) < 4.78 is 0. The Morgan fingerprint density at radius 3 is 2.91 bits per heavy atom. The highest BCUT2D eigenvalue weighted by molar-refractivity contribution is 6.09. The average molecular weight is 311 g/mol. The van der Waals surface area contributed by atoms with Crippen LogP contribution in [0.4, 0.5) is 0 Å². The zero-order valence-corrected chi connectivity index (χ0v) is 13.2. The molecule has 1 fully saturated rings. The van der Waals surface area contributed by atoms with E-state index in [0.717, 1.165) is 35.5 Å². The lowest BCUT2D eigenvalue weighted by Gasteiger charge is -2.28. The van der Waals surface area contributed by atoms with Crippen LogP contribution in [0, 0.1) is 0 Å². The number of oxime groups is 1. The second-order valence-electron chi connectivity index (χ2n) is 6.32. The van der Waals surface area contributed by atoms with Crippen molar-refractivity contribution in [2.75, 3.05) is 13.1 Å². The van der Waals surface area contributed by atoms with Gasteiger partial charge in [-0.15, -0.1) is 5.48 Å². The molecule has 1 aliphatic carbocycles. The minimum atomic E-state index is -0.470. The largest absolute Gasteiger partial charge is 0.389 e. The molecule has 23 heavy (non-hydrogen) atoms. The summed E-state index contributed by atoms with van der Waals surface area (Å²) in [5.41, 5.74) is 8.24. The number of aliphatic hydroxyl groups is 1. The maximum Gasteiger partial charge on any atom is 0.130 e. The van der Waals surface area contributed by atoms with E-state index in [1.807, 2.05) is 18.2 Å².